The van der Waals surface area contributed by atoms with Crippen LogP contribution in [0.4, 0.5) is 5.69 Å². The molecule has 1 aliphatic rings. The van der Waals surface area contributed by atoms with Crippen molar-refractivity contribution in [2.24, 2.45) is 5.10 Å². The highest BCUT2D eigenvalue weighted by Crippen LogP contribution is 2.37. The van der Waals surface area contributed by atoms with E-state index >= 15 is 0 Å². The molecule has 124 valence electrons. The molecule has 1 aliphatic heterocycles. The zero-order valence-electron chi connectivity index (χ0n) is 13.4. The summed E-state index contributed by atoms with van der Waals surface area (Å²) in [4.78, 5) is 0. The highest BCUT2D eigenvalue weighted by atomic mass is 35.5. The summed E-state index contributed by atoms with van der Waals surface area (Å²) in [5, 5.41) is 8.40. The molecule has 25 heavy (non-hydrogen) atoms. The van der Waals surface area contributed by atoms with Gasteiger partial charge in [0.25, 0.3) is 0 Å². The van der Waals surface area contributed by atoms with E-state index in [4.69, 9.17) is 28.3 Å². The third-order valence-electron chi connectivity index (χ3n) is 4.34. The Labute approximate surface area is 157 Å². The molecular formula is C21H16Cl2N2. The lowest BCUT2D eigenvalue weighted by Gasteiger charge is -2.24. The monoisotopic (exact) mass is 366 g/mol. The summed E-state index contributed by atoms with van der Waals surface area (Å²) in [6, 6.07) is 26.2. The Morgan fingerprint density at radius 1 is 0.800 bits per heavy atom. The summed E-state index contributed by atoms with van der Waals surface area (Å²) in [5.74, 6) is 0. The molecule has 1 heterocycles. The molecule has 3 aromatic carbocycles. The first-order valence-corrected chi connectivity index (χ1v) is 8.89. The average Bonchev–Trinajstić information content (AvgIpc) is 3.08. The molecule has 0 aromatic heterocycles. The van der Waals surface area contributed by atoms with Gasteiger partial charge in [-0.25, -0.2) is 0 Å². The zero-order chi connectivity index (χ0) is 17.2. The second kappa shape index (κ2) is 6.91. The number of hydrazone groups is 1. The van der Waals surface area contributed by atoms with E-state index in [1.54, 1.807) is 0 Å². The molecule has 3 aromatic rings. The summed E-state index contributed by atoms with van der Waals surface area (Å²) in [5.41, 5.74) is 4.36. The fourth-order valence-electron chi connectivity index (χ4n) is 3.12. The Kier molecular flexibility index (Phi) is 4.48. The largest absolute Gasteiger partial charge is 0.257 e. The summed E-state index contributed by atoms with van der Waals surface area (Å²) in [6.07, 6.45) is 0.832. The van der Waals surface area contributed by atoms with Crippen molar-refractivity contribution in [3.05, 3.63) is 100 Å². The van der Waals surface area contributed by atoms with Gasteiger partial charge in [-0.1, -0.05) is 71.7 Å². The number of anilines is 1. The molecular weight excluding hydrogens is 351 g/mol. The third kappa shape index (κ3) is 3.41. The van der Waals surface area contributed by atoms with E-state index < -0.39 is 0 Å². The lowest BCUT2D eigenvalue weighted by Crippen LogP contribution is -2.18. The number of rotatable bonds is 3. The van der Waals surface area contributed by atoms with E-state index in [9.17, 15) is 0 Å². The van der Waals surface area contributed by atoms with E-state index in [0.29, 0.717) is 5.02 Å². The SMILES string of the molecule is Clc1ccc(C2=NN(c3cccc(Cl)c3)[C@@H](c3ccccc3)C2)cc1. The van der Waals surface area contributed by atoms with Crippen molar-refractivity contribution in [1.82, 2.24) is 0 Å². The first-order valence-electron chi connectivity index (χ1n) is 8.14. The van der Waals surface area contributed by atoms with Gasteiger partial charge >= 0.3 is 0 Å². The Morgan fingerprint density at radius 3 is 2.28 bits per heavy atom. The van der Waals surface area contributed by atoms with Gasteiger partial charge in [0, 0.05) is 16.5 Å². The first kappa shape index (κ1) is 16.2. The minimum absolute atomic E-state index is 0.144. The van der Waals surface area contributed by atoms with Crippen molar-refractivity contribution in [2.75, 3.05) is 5.01 Å². The maximum atomic E-state index is 6.20. The molecule has 4 heteroatoms. The molecule has 0 fully saturated rings. The molecule has 0 amide bonds. The summed E-state index contributed by atoms with van der Waals surface area (Å²) in [6.45, 7) is 0. The van der Waals surface area contributed by atoms with Crippen LogP contribution in [0.25, 0.3) is 0 Å². The molecule has 0 N–H and O–H groups in total. The van der Waals surface area contributed by atoms with Crippen LogP contribution >= 0.6 is 23.2 Å². The standard InChI is InChI=1S/C21H16Cl2N2/c22-17-11-9-15(10-12-17)20-14-21(16-5-2-1-3-6-16)25(24-20)19-8-4-7-18(23)13-19/h1-13,21H,14H2/t21-/m1/s1. The van der Waals surface area contributed by atoms with Crippen molar-refractivity contribution < 1.29 is 0 Å². The van der Waals surface area contributed by atoms with E-state index in [2.05, 4.69) is 29.3 Å². The van der Waals surface area contributed by atoms with Gasteiger partial charge in [0.1, 0.15) is 0 Å². The smallest absolute Gasteiger partial charge is 0.0831 e. The van der Waals surface area contributed by atoms with Gasteiger partial charge in [-0.15, -0.1) is 0 Å². The maximum Gasteiger partial charge on any atom is 0.0831 e. The molecule has 2 nitrogen and oxygen atoms in total. The molecule has 0 unspecified atom stereocenters. The van der Waals surface area contributed by atoms with Crippen molar-refractivity contribution in [1.29, 1.82) is 0 Å². The van der Waals surface area contributed by atoms with Gasteiger partial charge in [-0.05, 0) is 41.5 Å². The van der Waals surface area contributed by atoms with Crippen molar-refractivity contribution >= 4 is 34.6 Å². The van der Waals surface area contributed by atoms with Gasteiger partial charge in [-0.3, -0.25) is 5.01 Å². The zero-order valence-corrected chi connectivity index (χ0v) is 15.0. The fraction of sp³-hybridized carbons (Fsp3) is 0.0952. The molecule has 0 radical (unpaired) electrons. The topological polar surface area (TPSA) is 15.6 Å². The molecule has 0 spiro atoms. The van der Waals surface area contributed by atoms with Crippen LogP contribution in [0.1, 0.15) is 23.6 Å². The molecule has 0 aliphatic carbocycles. The summed E-state index contributed by atoms with van der Waals surface area (Å²) >= 11 is 12.2. The lowest BCUT2D eigenvalue weighted by atomic mass is 9.98. The minimum atomic E-state index is 0.144. The Bertz CT molecular complexity index is 905. The minimum Gasteiger partial charge on any atom is -0.257 e. The average molecular weight is 367 g/mol. The highest BCUT2D eigenvalue weighted by molar-refractivity contribution is 6.31. The highest BCUT2D eigenvalue weighted by Gasteiger charge is 2.29. The predicted octanol–water partition coefficient (Wildman–Crippen LogP) is 6.35. The first-order chi connectivity index (χ1) is 12.2. The lowest BCUT2D eigenvalue weighted by molar-refractivity contribution is 0.709. The number of hydrogen-bond donors (Lipinski definition) is 0. The summed E-state index contributed by atoms with van der Waals surface area (Å²) in [7, 11) is 0. The second-order valence-corrected chi connectivity index (χ2v) is 6.88. The summed E-state index contributed by atoms with van der Waals surface area (Å²) < 4.78 is 0. The number of halogens is 2. The van der Waals surface area contributed by atoms with Crippen LogP contribution in [0.15, 0.2) is 84.0 Å². The van der Waals surface area contributed by atoms with Crippen LogP contribution in [-0.2, 0) is 0 Å². The number of hydrogen-bond acceptors (Lipinski definition) is 2. The molecule has 0 saturated heterocycles. The van der Waals surface area contributed by atoms with Crippen LogP contribution in [0.2, 0.25) is 10.0 Å². The van der Waals surface area contributed by atoms with E-state index in [0.717, 1.165) is 28.4 Å². The molecule has 0 bridgehead atoms. The van der Waals surface area contributed by atoms with Gasteiger partial charge in [-0.2, -0.15) is 5.10 Å². The Hall–Kier alpha value is -2.29. The predicted molar refractivity (Wildman–Crippen MR) is 106 cm³/mol. The van der Waals surface area contributed by atoms with Crippen LogP contribution in [0, 0.1) is 0 Å². The fourth-order valence-corrected chi connectivity index (χ4v) is 3.43. The molecule has 1 atom stereocenters. The number of nitrogens with zero attached hydrogens (tertiary/aromatic N) is 2. The van der Waals surface area contributed by atoms with E-state index in [-0.39, 0.29) is 6.04 Å². The van der Waals surface area contributed by atoms with Gasteiger partial charge < -0.3 is 0 Å². The Balaban J connectivity index is 1.76. The van der Waals surface area contributed by atoms with Crippen molar-refractivity contribution in [3.63, 3.8) is 0 Å². The molecule has 0 saturated carbocycles. The van der Waals surface area contributed by atoms with Gasteiger partial charge in [0.2, 0.25) is 0 Å². The Morgan fingerprint density at radius 2 is 1.56 bits per heavy atom. The third-order valence-corrected chi connectivity index (χ3v) is 4.83. The normalized spacial score (nSPS) is 16.8. The quantitative estimate of drug-likeness (QED) is 0.527. The van der Waals surface area contributed by atoms with E-state index in [1.165, 1.54) is 5.56 Å². The number of benzene rings is 3. The van der Waals surface area contributed by atoms with Gasteiger partial charge in [0.15, 0.2) is 0 Å². The van der Waals surface area contributed by atoms with E-state index in [1.807, 2.05) is 54.6 Å². The molecule has 4 rings (SSSR count). The van der Waals surface area contributed by atoms with Crippen LogP contribution in [0.3, 0.4) is 0 Å². The van der Waals surface area contributed by atoms with Gasteiger partial charge in [0.05, 0.1) is 17.4 Å². The second-order valence-electron chi connectivity index (χ2n) is 6.01. The maximum absolute atomic E-state index is 6.20. The van der Waals surface area contributed by atoms with Crippen molar-refractivity contribution in [2.45, 2.75) is 12.5 Å². The van der Waals surface area contributed by atoms with Crippen LogP contribution < -0.4 is 5.01 Å². The van der Waals surface area contributed by atoms with Crippen LogP contribution in [0.5, 0.6) is 0 Å². The van der Waals surface area contributed by atoms with Crippen molar-refractivity contribution in [3.8, 4) is 0 Å². The van der Waals surface area contributed by atoms with Crippen LogP contribution in [-0.4, -0.2) is 5.71 Å².